The molecular weight excluding hydrogens is 368 g/mol. The molecule has 2 heterocycles. The van der Waals surface area contributed by atoms with E-state index in [-0.39, 0.29) is 18.2 Å². The molecule has 0 spiro atoms. The summed E-state index contributed by atoms with van der Waals surface area (Å²) < 4.78 is 12.8. The summed E-state index contributed by atoms with van der Waals surface area (Å²) in [6.45, 7) is 4.75. The molecule has 8 heteroatoms. The summed E-state index contributed by atoms with van der Waals surface area (Å²) in [6.07, 6.45) is 3.48. The van der Waals surface area contributed by atoms with Gasteiger partial charge in [0.15, 0.2) is 0 Å². The zero-order chi connectivity index (χ0) is 19.2. The monoisotopic (exact) mass is 392 g/mol. The molecule has 2 amide bonds. The van der Waals surface area contributed by atoms with Crippen molar-refractivity contribution in [1.29, 1.82) is 0 Å². The van der Waals surface area contributed by atoms with Crippen molar-refractivity contribution in [2.24, 2.45) is 0 Å². The minimum absolute atomic E-state index is 0.0957. The Morgan fingerprint density at radius 3 is 3.11 bits per heavy atom. The Hall–Kier alpha value is -2.09. The van der Waals surface area contributed by atoms with Gasteiger partial charge in [-0.25, -0.2) is 4.79 Å². The maximum absolute atomic E-state index is 12.7. The van der Waals surface area contributed by atoms with E-state index in [2.05, 4.69) is 10.4 Å². The molecule has 1 fully saturated rings. The van der Waals surface area contributed by atoms with Gasteiger partial charge < -0.3 is 19.7 Å². The van der Waals surface area contributed by atoms with E-state index in [0.29, 0.717) is 37.9 Å². The van der Waals surface area contributed by atoms with Gasteiger partial charge >= 0.3 is 6.03 Å². The first kappa shape index (κ1) is 19.7. The molecule has 2 atom stereocenters. The fourth-order valence-corrected chi connectivity index (χ4v) is 3.41. The molecule has 0 bridgehead atoms. The number of halogens is 1. The van der Waals surface area contributed by atoms with Gasteiger partial charge in [0.1, 0.15) is 6.10 Å². The van der Waals surface area contributed by atoms with Crippen LogP contribution in [0.4, 0.5) is 4.79 Å². The molecule has 1 aromatic heterocycles. The lowest BCUT2D eigenvalue weighted by Gasteiger charge is -2.39. The van der Waals surface area contributed by atoms with Crippen LogP contribution < -0.4 is 5.32 Å². The van der Waals surface area contributed by atoms with Crippen LogP contribution in [-0.2, 0) is 22.6 Å². The molecule has 27 heavy (non-hydrogen) atoms. The average Bonchev–Trinajstić information content (AvgIpc) is 3.12. The Labute approximate surface area is 164 Å². The first-order valence-electron chi connectivity index (χ1n) is 9.00. The van der Waals surface area contributed by atoms with Gasteiger partial charge in [-0.05, 0) is 24.6 Å². The van der Waals surface area contributed by atoms with Crippen molar-refractivity contribution >= 4 is 17.6 Å². The van der Waals surface area contributed by atoms with E-state index in [1.807, 2.05) is 42.3 Å². The number of methoxy groups -OCH3 is 1. The molecule has 1 saturated heterocycles. The highest BCUT2D eigenvalue weighted by Gasteiger charge is 2.33. The summed E-state index contributed by atoms with van der Waals surface area (Å²) in [7, 11) is 1.66. The van der Waals surface area contributed by atoms with Gasteiger partial charge in [-0.15, -0.1) is 0 Å². The molecule has 146 valence electrons. The van der Waals surface area contributed by atoms with Crippen LogP contribution in [0.25, 0.3) is 0 Å². The van der Waals surface area contributed by atoms with Crippen LogP contribution in [0, 0.1) is 0 Å². The van der Waals surface area contributed by atoms with Crippen molar-refractivity contribution in [3.63, 3.8) is 0 Å². The second-order valence-electron chi connectivity index (χ2n) is 6.54. The van der Waals surface area contributed by atoms with Gasteiger partial charge in [0.05, 0.1) is 32.0 Å². The average molecular weight is 393 g/mol. The number of rotatable bonds is 6. The van der Waals surface area contributed by atoms with E-state index >= 15 is 0 Å². The van der Waals surface area contributed by atoms with Crippen LogP contribution in [0.2, 0.25) is 5.02 Å². The molecule has 0 radical (unpaired) electrons. The largest absolute Gasteiger partial charge is 0.383 e. The summed E-state index contributed by atoms with van der Waals surface area (Å²) in [5, 5.41) is 7.89. The van der Waals surface area contributed by atoms with Crippen molar-refractivity contribution in [1.82, 2.24) is 20.0 Å². The van der Waals surface area contributed by atoms with E-state index < -0.39 is 0 Å². The van der Waals surface area contributed by atoms with Gasteiger partial charge in [-0.1, -0.05) is 23.7 Å². The van der Waals surface area contributed by atoms with E-state index in [0.717, 1.165) is 11.1 Å². The molecule has 0 aliphatic carbocycles. The maximum Gasteiger partial charge on any atom is 0.318 e. The molecule has 1 aromatic carbocycles. The Bertz CT molecular complexity index is 767. The fourth-order valence-electron chi connectivity index (χ4n) is 3.21. The molecule has 0 saturated carbocycles. The first-order chi connectivity index (χ1) is 13.1. The molecular formula is C19H25ClN4O3. The number of hydrogen-bond acceptors (Lipinski definition) is 4. The molecule has 7 nitrogen and oxygen atoms in total. The highest BCUT2D eigenvalue weighted by atomic mass is 35.5. The highest BCUT2D eigenvalue weighted by molar-refractivity contribution is 6.30. The molecule has 1 aliphatic rings. The molecule has 1 N–H and O–H groups in total. The third-order valence-corrected chi connectivity index (χ3v) is 4.89. The third kappa shape index (κ3) is 5.00. The number of hydrogen-bond donors (Lipinski definition) is 1. The summed E-state index contributed by atoms with van der Waals surface area (Å²) in [5.41, 5.74) is 1.93. The fraction of sp³-hybridized carbons (Fsp3) is 0.474. The van der Waals surface area contributed by atoms with Crippen molar-refractivity contribution in [3.8, 4) is 0 Å². The molecule has 0 unspecified atom stereocenters. The van der Waals surface area contributed by atoms with Crippen LogP contribution in [0.1, 0.15) is 24.2 Å². The van der Waals surface area contributed by atoms with Crippen LogP contribution in [-0.4, -0.2) is 53.6 Å². The molecule has 1 aliphatic heterocycles. The van der Waals surface area contributed by atoms with E-state index in [1.54, 1.807) is 18.0 Å². The number of carbonyl (C=O) groups excluding carboxylic acids is 1. The Morgan fingerprint density at radius 2 is 2.33 bits per heavy atom. The van der Waals surface area contributed by atoms with Gasteiger partial charge in [0.25, 0.3) is 0 Å². The summed E-state index contributed by atoms with van der Waals surface area (Å²) >= 11 is 6.10. The van der Waals surface area contributed by atoms with E-state index in [9.17, 15) is 4.79 Å². The quantitative estimate of drug-likeness (QED) is 0.820. The lowest BCUT2D eigenvalue weighted by Crippen LogP contribution is -2.52. The standard InChI is InChI=1S/C19H25ClN4O3/c1-14-18(16-4-3-5-17(20)10-16)27-9-7-24(14)19(25)21-11-15-12-22-23(13-15)6-8-26-2/h3-5,10,12-14,18H,6-9,11H2,1-2H3,(H,21,25)/t14-,18+/m1/s1. The Kier molecular flexibility index (Phi) is 6.71. The van der Waals surface area contributed by atoms with Gasteiger partial charge in [-0.3, -0.25) is 4.68 Å². The number of ether oxygens (including phenoxy) is 2. The maximum atomic E-state index is 12.7. The number of amides is 2. The first-order valence-corrected chi connectivity index (χ1v) is 9.38. The van der Waals surface area contributed by atoms with Crippen molar-refractivity contribution in [2.75, 3.05) is 26.9 Å². The summed E-state index contributed by atoms with van der Waals surface area (Å²) in [4.78, 5) is 14.5. The number of morpholine rings is 1. The summed E-state index contributed by atoms with van der Waals surface area (Å²) in [5.74, 6) is 0. The second kappa shape index (κ2) is 9.21. The minimum atomic E-state index is -0.194. The lowest BCUT2D eigenvalue weighted by molar-refractivity contribution is -0.0498. The molecule has 2 aromatic rings. The van der Waals surface area contributed by atoms with Gasteiger partial charge in [0.2, 0.25) is 0 Å². The Morgan fingerprint density at radius 1 is 1.48 bits per heavy atom. The van der Waals surface area contributed by atoms with Crippen LogP contribution in [0.5, 0.6) is 0 Å². The predicted molar refractivity (Wildman–Crippen MR) is 103 cm³/mol. The summed E-state index contributed by atoms with van der Waals surface area (Å²) in [6, 6.07) is 7.38. The lowest BCUT2D eigenvalue weighted by atomic mass is 10.0. The minimum Gasteiger partial charge on any atom is -0.383 e. The van der Waals surface area contributed by atoms with Crippen LogP contribution >= 0.6 is 11.6 Å². The Balaban J connectivity index is 1.58. The normalized spacial score (nSPS) is 19.9. The third-order valence-electron chi connectivity index (χ3n) is 4.65. The second-order valence-corrected chi connectivity index (χ2v) is 6.98. The number of nitrogens with zero attached hydrogens (tertiary/aromatic N) is 3. The molecule has 3 rings (SSSR count). The smallest absolute Gasteiger partial charge is 0.318 e. The van der Waals surface area contributed by atoms with E-state index in [4.69, 9.17) is 21.1 Å². The number of nitrogens with one attached hydrogen (secondary N) is 1. The van der Waals surface area contributed by atoms with Gasteiger partial charge in [-0.2, -0.15) is 5.10 Å². The van der Waals surface area contributed by atoms with Crippen LogP contribution in [0.3, 0.4) is 0 Å². The zero-order valence-electron chi connectivity index (χ0n) is 15.6. The van der Waals surface area contributed by atoms with Crippen LogP contribution in [0.15, 0.2) is 36.7 Å². The number of benzene rings is 1. The topological polar surface area (TPSA) is 68.6 Å². The number of aromatic nitrogens is 2. The van der Waals surface area contributed by atoms with E-state index in [1.165, 1.54) is 0 Å². The van der Waals surface area contributed by atoms with Crippen molar-refractivity contribution in [3.05, 3.63) is 52.8 Å². The SMILES string of the molecule is COCCn1cc(CNC(=O)N2CCO[C@H](c3cccc(Cl)c3)[C@H]2C)cn1. The number of carbonyl (C=O) groups is 1. The van der Waals surface area contributed by atoms with Crippen molar-refractivity contribution in [2.45, 2.75) is 32.2 Å². The zero-order valence-corrected chi connectivity index (χ0v) is 16.4. The number of urea groups is 1. The van der Waals surface area contributed by atoms with Gasteiger partial charge in [0, 0.05) is 37.0 Å². The highest BCUT2D eigenvalue weighted by Crippen LogP contribution is 2.29. The van der Waals surface area contributed by atoms with Crippen molar-refractivity contribution < 1.29 is 14.3 Å². The predicted octanol–water partition coefficient (Wildman–Crippen LogP) is 2.85.